The van der Waals surface area contributed by atoms with Gasteiger partial charge in [0.1, 0.15) is 5.82 Å². The SMILES string of the molecule is Cc1ccc(C)c(S(=O)(=O)N2CCCC[C@@H]2CCNC(=O)C(=O)Nc2cccc(F)c2)c1. The Morgan fingerprint density at radius 3 is 2.62 bits per heavy atom. The van der Waals surface area contributed by atoms with E-state index in [1.807, 2.05) is 13.0 Å². The number of piperidine rings is 1. The predicted octanol–water partition coefficient (Wildman–Crippen LogP) is 3.13. The summed E-state index contributed by atoms with van der Waals surface area (Å²) in [5, 5.41) is 4.87. The molecule has 0 spiro atoms. The molecule has 2 aromatic rings. The lowest BCUT2D eigenvalue weighted by molar-refractivity contribution is -0.136. The maximum atomic E-state index is 13.4. The summed E-state index contributed by atoms with van der Waals surface area (Å²) in [5.74, 6) is -2.28. The van der Waals surface area contributed by atoms with E-state index in [9.17, 15) is 22.4 Å². The highest BCUT2D eigenvalue weighted by atomic mass is 32.2. The molecule has 0 aromatic heterocycles. The van der Waals surface area contributed by atoms with E-state index in [4.69, 9.17) is 0 Å². The van der Waals surface area contributed by atoms with Gasteiger partial charge >= 0.3 is 11.8 Å². The summed E-state index contributed by atoms with van der Waals surface area (Å²) < 4.78 is 41.5. The number of nitrogens with zero attached hydrogens (tertiary/aromatic N) is 1. The van der Waals surface area contributed by atoms with Gasteiger partial charge in [-0.1, -0.05) is 24.6 Å². The van der Waals surface area contributed by atoms with Crippen molar-refractivity contribution in [3.05, 3.63) is 59.4 Å². The number of hydrogen-bond acceptors (Lipinski definition) is 4. The van der Waals surface area contributed by atoms with Crippen LogP contribution in [0.4, 0.5) is 10.1 Å². The monoisotopic (exact) mass is 461 g/mol. The molecule has 2 aromatic carbocycles. The average molecular weight is 462 g/mol. The van der Waals surface area contributed by atoms with E-state index in [1.54, 1.807) is 19.1 Å². The van der Waals surface area contributed by atoms with Crippen LogP contribution in [0, 0.1) is 19.7 Å². The first kappa shape index (κ1) is 23.9. The van der Waals surface area contributed by atoms with Crippen LogP contribution >= 0.6 is 0 Å². The number of benzene rings is 2. The highest BCUT2D eigenvalue weighted by molar-refractivity contribution is 7.89. The quantitative estimate of drug-likeness (QED) is 0.646. The van der Waals surface area contributed by atoms with Crippen molar-refractivity contribution in [3.8, 4) is 0 Å². The summed E-state index contributed by atoms with van der Waals surface area (Å²) in [5.41, 5.74) is 1.75. The van der Waals surface area contributed by atoms with E-state index in [-0.39, 0.29) is 18.3 Å². The zero-order chi connectivity index (χ0) is 23.3. The maximum Gasteiger partial charge on any atom is 0.313 e. The Morgan fingerprint density at radius 2 is 1.88 bits per heavy atom. The molecule has 1 atom stereocenters. The van der Waals surface area contributed by atoms with Gasteiger partial charge in [-0.05, 0) is 68.5 Å². The second-order valence-corrected chi connectivity index (χ2v) is 9.90. The largest absolute Gasteiger partial charge is 0.348 e. The number of carbonyl (C=O) groups excluding carboxylic acids is 2. The number of hydrogen-bond donors (Lipinski definition) is 2. The first-order chi connectivity index (χ1) is 15.2. The molecule has 1 aliphatic heterocycles. The Labute approximate surface area is 188 Å². The summed E-state index contributed by atoms with van der Waals surface area (Å²) in [6.07, 6.45) is 2.76. The minimum atomic E-state index is -3.67. The fraction of sp³-hybridized carbons (Fsp3) is 0.391. The Hall–Kier alpha value is -2.78. The number of rotatable bonds is 6. The van der Waals surface area contributed by atoms with Crippen LogP contribution in [0.2, 0.25) is 0 Å². The summed E-state index contributed by atoms with van der Waals surface area (Å²) in [6.45, 7) is 4.21. The smallest absolute Gasteiger partial charge is 0.313 e. The second-order valence-electron chi connectivity index (χ2n) is 8.04. The minimum absolute atomic E-state index is 0.152. The van der Waals surface area contributed by atoms with Gasteiger partial charge in [0.05, 0.1) is 4.90 Å². The van der Waals surface area contributed by atoms with Crippen molar-refractivity contribution in [2.75, 3.05) is 18.4 Å². The van der Waals surface area contributed by atoms with Crippen LogP contribution in [0.3, 0.4) is 0 Å². The molecule has 1 saturated heterocycles. The van der Waals surface area contributed by atoms with Crippen molar-refractivity contribution >= 4 is 27.5 Å². The molecule has 0 aliphatic carbocycles. The molecular weight excluding hydrogens is 433 g/mol. The van der Waals surface area contributed by atoms with E-state index in [0.29, 0.717) is 29.8 Å². The molecule has 2 N–H and O–H groups in total. The molecule has 0 bridgehead atoms. The van der Waals surface area contributed by atoms with Crippen molar-refractivity contribution in [1.82, 2.24) is 9.62 Å². The van der Waals surface area contributed by atoms with Crippen LogP contribution in [0.1, 0.15) is 36.8 Å². The first-order valence-electron chi connectivity index (χ1n) is 10.6. The minimum Gasteiger partial charge on any atom is -0.348 e. The van der Waals surface area contributed by atoms with Crippen molar-refractivity contribution in [1.29, 1.82) is 0 Å². The van der Waals surface area contributed by atoms with E-state index in [1.165, 1.54) is 22.5 Å². The summed E-state index contributed by atoms with van der Waals surface area (Å²) in [6, 6.07) is 10.4. The van der Waals surface area contributed by atoms with E-state index in [2.05, 4.69) is 10.6 Å². The van der Waals surface area contributed by atoms with Crippen molar-refractivity contribution in [3.63, 3.8) is 0 Å². The second kappa shape index (κ2) is 10.2. The van der Waals surface area contributed by atoms with Crippen molar-refractivity contribution in [2.45, 2.75) is 50.5 Å². The third kappa shape index (κ3) is 5.72. The molecule has 0 radical (unpaired) electrons. The van der Waals surface area contributed by atoms with E-state index >= 15 is 0 Å². The lowest BCUT2D eigenvalue weighted by atomic mass is 10.0. The number of halogens is 1. The molecule has 32 heavy (non-hydrogen) atoms. The molecule has 1 fully saturated rings. The van der Waals surface area contributed by atoms with Crippen LogP contribution in [0.25, 0.3) is 0 Å². The Kier molecular flexibility index (Phi) is 7.63. The lowest BCUT2D eigenvalue weighted by Gasteiger charge is -2.35. The molecule has 172 valence electrons. The molecule has 1 aliphatic rings. The lowest BCUT2D eigenvalue weighted by Crippen LogP contribution is -2.46. The molecule has 0 saturated carbocycles. The van der Waals surface area contributed by atoms with Crippen LogP contribution in [0.5, 0.6) is 0 Å². The van der Waals surface area contributed by atoms with Gasteiger partial charge in [0.15, 0.2) is 0 Å². The zero-order valence-corrected chi connectivity index (χ0v) is 19.0. The summed E-state index contributed by atoms with van der Waals surface area (Å²) in [4.78, 5) is 24.4. The first-order valence-corrected chi connectivity index (χ1v) is 12.1. The summed E-state index contributed by atoms with van der Waals surface area (Å²) in [7, 11) is -3.67. The summed E-state index contributed by atoms with van der Waals surface area (Å²) >= 11 is 0. The molecule has 1 heterocycles. The van der Waals surface area contributed by atoms with E-state index < -0.39 is 27.7 Å². The number of amides is 2. The molecule has 3 rings (SSSR count). The van der Waals surface area contributed by atoms with Gasteiger partial charge < -0.3 is 10.6 Å². The van der Waals surface area contributed by atoms with Crippen LogP contribution in [-0.2, 0) is 19.6 Å². The van der Waals surface area contributed by atoms with Crippen LogP contribution in [-0.4, -0.2) is 43.7 Å². The number of nitrogens with one attached hydrogen (secondary N) is 2. The standard InChI is InChI=1S/C23H28FN3O4S/c1-16-9-10-17(2)21(14-16)32(30,31)27-13-4-3-8-20(27)11-12-25-22(28)23(29)26-19-7-5-6-18(24)15-19/h5-7,9-10,14-15,20H,3-4,8,11-13H2,1-2H3,(H,25,28)(H,26,29)/t20-/m1/s1. The predicted molar refractivity (Wildman–Crippen MR) is 120 cm³/mol. The molecule has 2 amide bonds. The van der Waals surface area contributed by atoms with Crippen molar-refractivity contribution < 1.29 is 22.4 Å². The molecule has 9 heteroatoms. The highest BCUT2D eigenvalue weighted by Gasteiger charge is 2.34. The molecule has 7 nitrogen and oxygen atoms in total. The number of aryl methyl sites for hydroxylation is 2. The van der Waals surface area contributed by atoms with Crippen LogP contribution in [0.15, 0.2) is 47.4 Å². The normalized spacial score (nSPS) is 17.0. The van der Waals surface area contributed by atoms with Gasteiger partial charge in [-0.3, -0.25) is 9.59 Å². The Bertz CT molecular complexity index is 1100. The van der Waals surface area contributed by atoms with Gasteiger partial charge in [0.25, 0.3) is 0 Å². The third-order valence-electron chi connectivity index (χ3n) is 5.56. The number of sulfonamides is 1. The molecular formula is C23H28FN3O4S. The van der Waals surface area contributed by atoms with Gasteiger partial charge in [-0.25, -0.2) is 12.8 Å². The van der Waals surface area contributed by atoms with Gasteiger partial charge in [0.2, 0.25) is 10.0 Å². The van der Waals surface area contributed by atoms with E-state index in [0.717, 1.165) is 24.5 Å². The maximum absolute atomic E-state index is 13.4. The Morgan fingerprint density at radius 1 is 1.09 bits per heavy atom. The van der Waals surface area contributed by atoms with Crippen molar-refractivity contribution in [2.24, 2.45) is 0 Å². The molecule has 0 unspecified atom stereocenters. The number of carbonyl (C=O) groups is 2. The third-order valence-corrected chi connectivity index (χ3v) is 7.65. The number of anilines is 1. The highest BCUT2D eigenvalue weighted by Crippen LogP contribution is 2.29. The Balaban J connectivity index is 1.61. The van der Waals surface area contributed by atoms with Gasteiger partial charge in [-0.15, -0.1) is 0 Å². The fourth-order valence-electron chi connectivity index (χ4n) is 3.88. The average Bonchev–Trinajstić information content (AvgIpc) is 2.75. The van der Waals surface area contributed by atoms with Crippen LogP contribution < -0.4 is 10.6 Å². The van der Waals surface area contributed by atoms with Gasteiger partial charge in [0, 0.05) is 24.8 Å². The van der Waals surface area contributed by atoms with Gasteiger partial charge in [-0.2, -0.15) is 4.31 Å². The zero-order valence-electron chi connectivity index (χ0n) is 18.2. The topological polar surface area (TPSA) is 95.6 Å². The fourth-order valence-corrected chi connectivity index (χ4v) is 5.91.